The average Bonchev–Trinajstić information content (AvgIpc) is 2.86. The summed E-state index contributed by atoms with van der Waals surface area (Å²) in [6.45, 7) is 2.19. The van der Waals surface area contributed by atoms with Crippen molar-refractivity contribution >= 4 is 5.91 Å². The van der Waals surface area contributed by atoms with Gasteiger partial charge in [-0.15, -0.1) is 0 Å². The summed E-state index contributed by atoms with van der Waals surface area (Å²) < 4.78 is 5.61. The van der Waals surface area contributed by atoms with Crippen LogP contribution in [0.4, 0.5) is 0 Å². The summed E-state index contributed by atoms with van der Waals surface area (Å²) in [5, 5.41) is 0. The fourth-order valence-corrected chi connectivity index (χ4v) is 2.54. The molecule has 5 nitrogen and oxygen atoms in total. The molecule has 0 atom stereocenters. The highest BCUT2D eigenvalue weighted by Crippen LogP contribution is 2.28. The van der Waals surface area contributed by atoms with Crippen LogP contribution >= 0.6 is 0 Å². The minimum Gasteiger partial charge on any atom is -0.455 e. The van der Waals surface area contributed by atoms with Crippen LogP contribution in [0.3, 0.4) is 0 Å². The predicted molar refractivity (Wildman–Crippen MR) is 79.0 cm³/mol. The van der Waals surface area contributed by atoms with Crippen molar-refractivity contribution in [3.05, 3.63) is 53.7 Å². The summed E-state index contributed by atoms with van der Waals surface area (Å²) >= 11 is 0. The van der Waals surface area contributed by atoms with Gasteiger partial charge in [0.15, 0.2) is 5.76 Å². The van der Waals surface area contributed by atoms with E-state index in [4.69, 9.17) is 4.42 Å². The van der Waals surface area contributed by atoms with E-state index in [0.29, 0.717) is 18.2 Å². The molecule has 0 unspecified atom stereocenters. The predicted octanol–water partition coefficient (Wildman–Crippen LogP) is 1.98. The van der Waals surface area contributed by atoms with Crippen molar-refractivity contribution in [2.24, 2.45) is 0 Å². The largest absolute Gasteiger partial charge is 0.455 e. The molecule has 110 valence electrons. The summed E-state index contributed by atoms with van der Waals surface area (Å²) in [5.41, 5.74) is 1.24. The van der Waals surface area contributed by atoms with Crippen LogP contribution in [-0.2, 0) is 6.54 Å². The maximum absolute atomic E-state index is 12.3. The first-order chi connectivity index (χ1) is 10.1. The van der Waals surface area contributed by atoms with E-state index in [2.05, 4.69) is 4.98 Å². The second-order valence-corrected chi connectivity index (χ2v) is 5.69. The number of nitrogens with zero attached hydrogens (tertiary/aromatic N) is 3. The van der Waals surface area contributed by atoms with Gasteiger partial charge < -0.3 is 14.2 Å². The van der Waals surface area contributed by atoms with Crippen molar-refractivity contribution < 1.29 is 9.21 Å². The van der Waals surface area contributed by atoms with E-state index in [1.807, 2.05) is 42.1 Å². The quantitative estimate of drug-likeness (QED) is 0.862. The molecular formula is C16H19N3O2. The second-order valence-electron chi connectivity index (χ2n) is 5.69. The van der Waals surface area contributed by atoms with Crippen LogP contribution in [0.2, 0.25) is 0 Å². The number of pyridine rings is 1. The van der Waals surface area contributed by atoms with Crippen LogP contribution < -0.4 is 0 Å². The number of aromatic nitrogens is 1. The Morgan fingerprint density at radius 2 is 2.00 bits per heavy atom. The Hall–Kier alpha value is -2.14. The van der Waals surface area contributed by atoms with E-state index in [1.54, 1.807) is 18.5 Å². The number of rotatable bonds is 4. The molecular weight excluding hydrogens is 266 g/mol. The molecule has 0 saturated carbocycles. The SMILES string of the molecule is CN(C)Cc1ccc(C(=O)N2CC(c3ccncc3)C2)o1. The van der Waals surface area contributed by atoms with Crippen molar-refractivity contribution in [2.75, 3.05) is 27.2 Å². The third-order valence-electron chi connectivity index (χ3n) is 3.69. The zero-order valence-corrected chi connectivity index (χ0v) is 12.3. The molecule has 5 heteroatoms. The van der Waals surface area contributed by atoms with Crippen LogP contribution in [0.5, 0.6) is 0 Å². The summed E-state index contributed by atoms with van der Waals surface area (Å²) in [5.74, 6) is 1.63. The fraction of sp³-hybridized carbons (Fsp3) is 0.375. The molecule has 0 aliphatic carbocycles. The number of amides is 1. The van der Waals surface area contributed by atoms with Gasteiger partial charge in [-0.25, -0.2) is 0 Å². The third kappa shape index (κ3) is 2.97. The Morgan fingerprint density at radius 1 is 1.29 bits per heavy atom. The molecule has 21 heavy (non-hydrogen) atoms. The monoisotopic (exact) mass is 285 g/mol. The van der Waals surface area contributed by atoms with Crippen molar-refractivity contribution in [1.82, 2.24) is 14.8 Å². The van der Waals surface area contributed by atoms with Crippen LogP contribution in [-0.4, -0.2) is 47.9 Å². The maximum atomic E-state index is 12.3. The molecule has 0 bridgehead atoms. The molecule has 0 aromatic carbocycles. The van der Waals surface area contributed by atoms with Crippen LogP contribution in [0.1, 0.15) is 27.8 Å². The van der Waals surface area contributed by atoms with Gasteiger partial charge in [-0.2, -0.15) is 0 Å². The van der Waals surface area contributed by atoms with Gasteiger partial charge in [0.2, 0.25) is 0 Å². The van der Waals surface area contributed by atoms with Crippen molar-refractivity contribution in [2.45, 2.75) is 12.5 Å². The lowest BCUT2D eigenvalue weighted by atomic mass is 9.92. The van der Waals surface area contributed by atoms with Gasteiger partial charge in [-0.3, -0.25) is 9.78 Å². The molecule has 1 aliphatic rings. The number of hydrogen-bond acceptors (Lipinski definition) is 4. The Morgan fingerprint density at radius 3 is 2.67 bits per heavy atom. The number of carbonyl (C=O) groups is 1. The minimum absolute atomic E-state index is 0.0229. The molecule has 0 spiro atoms. The molecule has 1 fully saturated rings. The minimum atomic E-state index is -0.0229. The van der Waals surface area contributed by atoms with Crippen molar-refractivity contribution in [1.29, 1.82) is 0 Å². The first-order valence-electron chi connectivity index (χ1n) is 7.06. The standard InChI is InChI=1S/C16H19N3O2/c1-18(2)11-14-3-4-15(21-14)16(20)19-9-13(10-19)12-5-7-17-8-6-12/h3-8,13H,9-11H2,1-2H3. The molecule has 2 aromatic heterocycles. The van der Waals surface area contributed by atoms with Crippen LogP contribution in [0.15, 0.2) is 41.1 Å². The lowest BCUT2D eigenvalue weighted by Gasteiger charge is -2.39. The highest BCUT2D eigenvalue weighted by molar-refractivity contribution is 5.92. The maximum Gasteiger partial charge on any atom is 0.289 e. The Bertz CT molecular complexity index is 615. The van der Waals surface area contributed by atoms with Gasteiger partial charge in [0.25, 0.3) is 5.91 Å². The first kappa shape index (κ1) is 13.8. The van der Waals surface area contributed by atoms with Crippen LogP contribution in [0.25, 0.3) is 0 Å². The van der Waals surface area contributed by atoms with Crippen molar-refractivity contribution in [3.8, 4) is 0 Å². The highest BCUT2D eigenvalue weighted by atomic mass is 16.4. The molecule has 0 N–H and O–H groups in total. The van der Waals surface area contributed by atoms with E-state index < -0.39 is 0 Å². The van der Waals surface area contributed by atoms with Crippen LogP contribution in [0, 0.1) is 0 Å². The molecule has 3 heterocycles. The molecule has 3 rings (SSSR count). The summed E-state index contributed by atoms with van der Waals surface area (Å²) in [6.07, 6.45) is 3.58. The molecule has 1 aliphatic heterocycles. The first-order valence-corrected chi connectivity index (χ1v) is 7.06. The lowest BCUT2D eigenvalue weighted by molar-refractivity contribution is 0.0566. The Balaban J connectivity index is 1.59. The van der Waals surface area contributed by atoms with E-state index in [-0.39, 0.29) is 5.91 Å². The topological polar surface area (TPSA) is 49.6 Å². The lowest BCUT2D eigenvalue weighted by Crippen LogP contribution is -2.48. The van der Waals surface area contributed by atoms with Gasteiger partial charge in [-0.05, 0) is 43.9 Å². The van der Waals surface area contributed by atoms with Gasteiger partial charge in [-0.1, -0.05) is 0 Å². The number of likely N-dealkylation sites (tertiary alicyclic amines) is 1. The van der Waals surface area contributed by atoms with E-state index in [9.17, 15) is 4.79 Å². The van der Waals surface area contributed by atoms with Gasteiger partial charge >= 0.3 is 0 Å². The highest BCUT2D eigenvalue weighted by Gasteiger charge is 2.33. The Labute approximate surface area is 124 Å². The van der Waals surface area contributed by atoms with Gasteiger partial charge in [0.05, 0.1) is 6.54 Å². The smallest absolute Gasteiger partial charge is 0.289 e. The van der Waals surface area contributed by atoms with Crippen molar-refractivity contribution in [3.63, 3.8) is 0 Å². The van der Waals surface area contributed by atoms with E-state index in [0.717, 1.165) is 18.8 Å². The van der Waals surface area contributed by atoms with Gasteiger partial charge in [0.1, 0.15) is 5.76 Å². The normalized spacial score (nSPS) is 15.3. The zero-order valence-electron chi connectivity index (χ0n) is 12.3. The summed E-state index contributed by atoms with van der Waals surface area (Å²) in [4.78, 5) is 20.2. The van der Waals surface area contributed by atoms with E-state index >= 15 is 0 Å². The average molecular weight is 285 g/mol. The van der Waals surface area contributed by atoms with E-state index in [1.165, 1.54) is 5.56 Å². The molecule has 1 saturated heterocycles. The number of carbonyl (C=O) groups excluding carboxylic acids is 1. The zero-order chi connectivity index (χ0) is 14.8. The van der Waals surface area contributed by atoms with Gasteiger partial charge in [0, 0.05) is 31.4 Å². The molecule has 1 amide bonds. The molecule has 2 aromatic rings. The number of furan rings is 1. The number of hydrogen-bond donors (Lipinski definition) is 0. The summed E-state index contributed by atoms with van der Waals surface area (Å²) in [6, 6.07) is 7.65. The Kier molecular flexibility index (Phi) is 3.75. The second kappa shape index (κ2) is 5.69. The third-order valence-corrected chi connectivity index (χ3v) is 3.69. The summed E-state index contributed by atoms with van der Waals surface area (Å²) in [7, 11) is 3.94. The fourth-order valence-electron chi connectivity index (χ4n) is 2.54. The molecule has 0 radical (unpaired) electrons.